The van der Waals surface area contributed by atoms with Gasteiger partial charge in [0.2, 0.25) is 0 Å². The molecule has 2 heterocycles. The van der Waals surface area contributed by atoms with Gasteiger partial charge in [0.15, 0.2) is 5.96 Å². The highest BCUT2D eigenvalue weighted by Gasteiger charge is 2.01. The quantitative estimate of drug-likeness (QED) is 0.631. The molecule has 0 saturated heterocycles. The van der Waals surface area contributed by atoms with E-state index in [9.17, 15) is 0 Å². The molecule has 0 aliphatic rings. The molecule has 0 aliphatic heterocycles. The zero-order chi connectivity index (χ0) is 14.9. The van der Waals surface area contributed by atoms with E-state index in [0.717, 1.165) is 48.3 Å². The number of rotatable bonds is 6. The van der Waals surface area contributed by atoms with Crippen molar-refractivity contribution in [3.63, 3.8) is 0 Å². The van der Waals surface area contributed by atoms with Crippen molar-refractivity contribution in [2.45, 2.75) is 19.8 Å². The van der Waals surface area contributed by atoms with Crippen LogP contribution in [0.1, 0.15) is 16.4 Å². The molecule has 0 unspecified atom stereocenters. The maximum absolute atomic E-state index is 4.45. The molecule has 0 aliphatic carbocycles. The summed E-state index contributed by atoms with van der Waals surface area (Å²) in [6.45, 7) is 3.67. The first kappa shape index (κ1) is 15.4. The Bertz CT molecular complexity index is 564. The van der Waals surface area contributed by atoms with Crippen LogP contribution in [0.2, 0.25) is 0 Å². The average Bonchev–Trinajstić information content (AvgIpc) is 2.92. The summed E-state index contributed by atoms with van der Waals surface area (Å²) < 4.78 is 0. The van der Waals surface area contributed by atoms with Gasteiger partial charge in [0.25, 0.3) is 0 Å². The molecular weight excluding hydrogens is 282 g/mol. The van der Waals surface area contributed by atoms with E-state index in [1.165, 1.54) is 0 Å². The standard InChI is InChI=1S/C15H21N5S/c1-12-20-14(11-21-12)7-10-19-15(16-2)18-9-6-13-5-3-4-8-17-13/h3-5,8,11H,6-7,9-10H2,1-2H3,(H2,16,18,19). The average molecular weight is 303 g/mol. The van der Waals surface area contributed by atoms with Crippen LogP contribution in [0.4, 0.5) is 0 Å². The maximum Gasteiger partial charge on any atom is 0.191 e. The van der Waals surface area contributed by atoms with Gasteiger partial charge in [-0.2, -0.15) is 0 Å². The summed E-state index contributed by atoms with van der Waals surface area (Å²) in [5.74, 6) is 0.817. The molecule has 0 radical (unpaired) electrons. The first-order valence-electron chi connectivity index (χ1n) is 7.03. The number of pyridine rings is 1. The molecule has 0 saturated carbocycles. The Balaban J connectivity index is 1.66. The number of nitrogens with zero attached hydrogens (tertiary/aromatic N) is 3. The van der Waals surface area contributed by atoms with E-state index in [1.807, 2.05) is 31.3 Å². The van der Waals surface area contributed by atoms with E-state index in [4.69, 9.17) is 0 Å². The summed E-state index contributed by atoms with van der Waals surface area (Å²) >= 11 is 1.69. The lowest BCUT2D eigenvalue weighted by Gasteiger charge is -2.11. The smallest absolute Gasteiger partial charge is 0.191 e. The Morgan fingerprint density at radius 1 is 1.19 bits per heavy atom. The molecule has 0 fully saturated rings. The van der Waals surface area contributed by atoms with Gasteiger partial charge in [0, 0.05) is 50.2 Å². The van der Waals surface area contributed by atoms with Crippen LogP contribution in [0.25, 0.3) is 0 Å². The van der Waals surface area contributed by atoms with Crippen LogP contribution in [-0.4, -0.2) is 36.1 Å². The number of hydrogen-bond acceptors (Lipinski definition) is 4. The fraction of sp³-hybridized carbons (Fsp3) is 0.400. The molecule has 0 spiro atoms. The zero-order valence-electron chi connectivity index (χ0n) is 12.5. The first-order chi connectivity index (χ1) is 10.3. The molecule has 5 nitrogen and oxygen atoms in total. The number of nitrogens with one attached hydrogen (secondary N) is 2. The van der Waals surface area contributed by atoms with E-state index >= 15 is 0 Å². The van der Waals surface area contributed by atoms with Gasteiger partial charge in [-0.1, -0.05) is 6.07 Å². The van der Waals surface area contributed by atoms with Crippen LogP contribution >= 0.6 is 11.3 Å². The highest BCUT2D eigenvalue weighted by atomic mass is 32.1. The van der Waals surface area contributed by atoms with Gasteiger partial charge in [-0.15, -0.1) is 11.3 Å². The predicted octanol–water partition coefficient (Wildman–Crippen LogP) is 1.80. The van der Waals surface area contributed by atoms with Crippen molar-refractivity contribution in [3.05, 3.63) is 46.2 Å². The van der Waals surface area contributed by atoms with Gasteiger partial charge in [-0.05, 0) is 19.1 Å². The molecule has 112 valence electrons. The van der Waals surface area contributed by atoms with Gasteiger partial charge >= 0.3 is 0 Å². The normalized spacial score (nSPS) is 11.4. The van der Waals surface area contributed by atoms with E-state index in [1.54, 1.807) is 18.4 Å². The second-order valence-electron chi connectivity index (χ2n) is 4.60. The molecule has 0 atom stereocenters. The van der Waals surface area contributed by atoms with Crippen LogP contribution in [0.3, 0.4) is 0 Å². The summed E-state index contributed by atoms with van der Waals surface area (Å²) in [6.07, 6.45) is 3.61. The Morgan fingerprint density at radius 2 is 1.95 bits per heavy atom. The van der Waals surface area contributed by atoms with Crippen molar-refractivity contribution >= 4 is 17.3 Å². The third-order valence-electron chi connectivity index (χ3n) is 2.96. The molecule has 2 rings (SSSR count). The van der Waals surface area contributed by atoms with E-state index in [0.29, 0.717) is 0 Å². The van der Waals surface area contributed by atoms with E-state index in [-0.39, 0.29) is 0 Å². The minimum absolute atomic E-state index is 0.812. The Morgan fingerprint density at radius 3 is 2.52 bits per heavy atom. The topological polar surface area (TPSA) is 62.2 Å². The fourth-order valence-corrected chi connectivity index (χ4v) is 2.55. The second kappa shape index (κ2) is 8.36. The predicted molar refractivity (Wildman–Crippen MR) is 87.9 cm³/mol. The Hall–Kier alpha value is -1.95. The molecule has 2 aromatic heterocycles. The number of aryl methyl sites for hydroxylation is 1. The van der Waals surface area contributed by atoms with Crippen molar-refractivity contribution < 1.29 is 0 Å². The Labute approximate surface area is 129 Å². The maximum atomic E-state index is 4.45. The van der Waals surface area contributed by atoms with Gasteiger partial charge in [-0.3, -0.25) is 9.98 Å². The van der Waals surface area contributed by atoms with E-state index in [2.05, 4.69) is 31.0 Å². The minimum Gasteiger partial charge on any atom is -0.356 e. The third-order valence-corrected chi connectivity index (χ3v) is 3.79. The molecule has 2 N–H and O–H groups in total. The van der Waals surface area contributed by atoms with Gasteiger partial charge < -0.3 is 10.6 Å². The summed E-state index contributed by atoms with van der Waals surface area (Å²) in [4.78, 5) is 13.0. The molecule has 2 aromatic rings. The first-order valence-corrected chi connectivity index (χ1v) is 7.91. The fourth-order valence-electron chi connectivity index (χ4n) is 1.91. The number of hydrogen-bond donors (Lipinski definition) is 2. The van der Waals surface area contributed by atoms with Gasteiger partial charge in [0.1, 0.15) is 0 Å². The number of aliphatic imine (C=N–C) groups is 1. The highest BCUT2D eigenvalue weighted by Crippen LogP contribution is 2.07. The summed E-state index contributed by atoms with van der Waals surface area (Å²) in [7, 11) is 1.78. The zero-order valence-corrected chi connectivity index (χ0v) is 13.3. The van der Waals surface area contributed by atoms with Crippen LogP contribution in [0.15, 0.2) is 34.8 Å². The van der Waals surface area contributed by atoms with Gasteiger partial charge in [0.05, 0.1) is 10.7 Å². The van der Waals surface area contributed by atoms with Crippen LogP contribution in [-0.2, 0) is 12.8 Å². The van der Waals surface area contributed by atoms with Crippen molar-refractivity contribution in [3.8, 4) is 0 Å². The van der Waals surface area contributed by atoms with Crippen LogP contribution in [0.5, 0.6) is 0 Å². The lowest BCUT2D eigenvalue weighted by molar-refractivity contribution is 0.770. The van der Waals surface area contributed by atoms with Gasteiger partial charge in [-0.25, -0.2) is 4.98 Å². The Kier molecular flexibility index (Phi) is 6.15. The molecule has 0 bridgehead atoms. The van der Waals surface area contributed by atoms with Crippen molar-refractivity contribution in [1.29, 1.82) is 0 Å². The van der Waals surface area contributed by atoms with Crippen molar-refractivity contribution in [1.82, 2.24) is 20.6 Å². The van der Waals surface area contributed by atoms with E-state index < -0.39 is 0 Å². The highest BCUT2D eigenvalue weighted by molar-refractivity contribution is 7.09. The van der Waals surface area contributed by atoms with Crippen LogP contribution in [0, 0.1) is 6.92 Å². The number of guanidine groups is 1. The van der Waals surface area contributed by atoms with Crippen molar-refractivity contribution in [2.75, 3.05) is 20.1 Å². The molecular formula is C15H21N5S. The summed E-state index contributed by atoms with van der Waals surface area (Å²) in [5, 5.41) is 9.81. The molecule has 21 heavy (non-hydrogen) atoms. The SMILES string of the molecule is CN=C(NCCc1ccccn1)NCCc1csc(C)n1. The summed E-state index contributed by atoms with van der Waals surface area (Å²) in [5.41, 5.74) is 2.22. The third kappa shape index (κ3) is 5.51. The lowest BCUT2D eigenvalue weighted by Crippen LogP contribution is -2.39. The number of aromatic nitrogens is 2. The second-order valence-corrected chi connectivity index (χ2v) is 5.67. The molecule has 0 amide bonds. The molecule has 6 heteroatoms. The number of thiazole rings is 1. The lowest BCUT2D eigenvalue weighted by atomic mass is 10.3. The monoisotopic (exact) mass is 303 g/mol. The summed E-state index contributed by atoms with van der Waals surface area (Å²) in [6, 6.07) is 5.96. The van der Waals surface area contributed by atoms with Crippen molar-refractivity contribution in [2.24, 2.45) is 4.99 Å². The largest absolute Gasteiger partial charge is 0.356 e. The minimum atomic E-state index is 0.812. The van der Waals surface area contributed by atoms with Crippen LogP contribution < -0.4 is 10.6 Å². The molecule has 0 aromatic carbocycles.